The normalized spacial score (nSPS) is 10.8. The molecule has 8 heteroatoms. The highest BCUT2D eigenvalue weighted by atomic mass is 35.5. The van der Waals surface area contributed by atoms with Gasteiger partial charge in [-0.3, -0.25) is 9.78 Å². The highest BCUT2D eigenvalue weighted by Gasteiger charge is 2.13. The number of halogens is 2. The van der Waals surface area contributed by atoms with Crippen LogP contribution in [0.5, 0.6) is 11.5 Å². The van der Waals surface area contributed by atoms with Crippen LogP contribution in [-0.2, 0) is 0 Å². The van der Waals surface area contributed by atoms with Crippen molar-refractivity contribution in [3.63, 3.8) is 0 Å². The van der Waals surface area contributed by atoms with Crippen molar-refractivity contribution in [3.05, 3.63) is 51.8 Å². The van der Waals surface area contributed by atoms with Gasteiger partial charge in [0.15, 0.2) is 5.75 Å². The van der Waals surface area contributed by atoms with E-state index in [9.17, 15) is 15.0 Å². The number of amides is 1. The minimum atomic E-state index is -0.463. The van der Waals surface area contributed by atoms with Crippen LogP contribution in [0.2, 0.25) is 10.0 Å². The number of hydrazone groups is 1. The van der Waals surface area contributed by atoms with Gasteiger partial charge in [0.1, 0.15) is 10.8 Å². The maximum atomic E-state index is 11.7. The third-order valence-electron chi connectivity index (χ3n) is 2.49. The molecule has 6 nitrogen and oxygen atoms in total. The Morgan fingerprint density at radius 1 is 1.33 bits per heavy atom. The lowest BCUT2D eigenvalue weighted by Gasteiger charge is -2.05. The van der Waals surface area contributed by atoms with Gasteiger partial charge in [-0.05, 0) is 18.2 Å². The third-order valence-corrected chi connectivity index (χ3v) is 3.14. The number of hydrogen-bond donors (Lipinski definition) is 3. The van der Waals surface area contributed by atoms with E-state index in [1.807, 2.05) is 0 Å². The number of aromatic hydroxyl groups is 2. The Bertz CT molecular complexity index is 706. The first-order chi connectivity index (χ1) is 10.0. The van der Waals surface area contributed by atoms with E-state index in [0.717, 1.165) is 6.21 Å². The Labute approximate surface area is 129 Å². The number of aromatic nitrogens is 1. The summed E-state index contributed by atoms with van der Waals surface area (Å²) >= 11 is 11.4. The zero-order valence-corrected chi connectivity index (χ0v) is 11.9. The second-order valence-electron chi connectivity index (χ2n) is 3.90. The van der Waals surface area contributed by atoms with Gasteiger partial charge in [0.2, 0.25) is 0 Å². The van der Waals surface area contributed by atoms with E-state index in [4.69, 9.17) is 23.2 Å². The number of pyridine rings is 1. The molecule has 0 spiro atoms. The monoisotopic (exact) mass is 325 g/mol. The summed E-state index contributed by atoms with van der Waals surface area (Å²) in [7, 11) is 0. The van der Waals surface area contributed by atoms with E-state index in [0.29, 0.717) is 5.56 Å². The van der Waals surface area contributed by atoms with Crippen molar-refractivity contribution in [1.29, 1.82) is 0 Å². The SMILES string of the molecule is O=C(N/N=C\c1cc(Cl)c(O)c(Cl)c1O)c1cccnc1. The lowest BCUT2D eigenvalue weighted by molar-refractivity contribution is 0.0954. The number of phenols is 2. The van der Waals surface area contributed by atoms with Crippen molar-refractivity contribution in [1.82, 2.24) is 10.4 Å². The van der Waals surface area contributed by atoms with Gasteiger partial charge in [0.25, 0.3) is 5.91 Å². The van der Waals surface area contributed by atoms with Crippen molar-refractivity contribution in [2.45, 2.75) is 0 Å². The maximum Gasteiger partial charge on any atom is 0.272 e. The van der Waals surface area contributed by atoms with E-state index in [1.165, 1.54) is 12.3 Å². The molecule has 0 atom stereocenters. The fraction of sp³-hybridized carbons (Fsp3) is 0. The van der Waals surface area contributed by atoms with Crippen LogP contribution in [0, 0.1) is 0 Å². The van der Waals surface area contributed by atoms with Gasteiger partial charge in [-0.15, -0.1) is 0 Å². The first kappa shape index (κ1) is 15.1. The number of phenolic OH excluding ortho intramolecular Hbond substituents is 2. The van der Waals surface area contributed by atoms with Gasteiger partial charge < -0.3 is 10.2 Å². The lowest BCUT2D eigenvalue weighted by atomic mass is 10.2. The molecule has 2 rings (SSSR count). The van der Waals surface area contributed by atoms with Gasteiger partial charge in [-0.2, -0.15) is 5.10 Å². The van der Waals surface area contributed by atoms with Crippen LogP contribution in [0.25, 0.3) is 0 Å². The van der Waals surface area contributed by atoms with Gasteiger partial charge in [0, 0.05) is 18.0 Å². The lowest BCUT2D eigenvalue weighted by Crippen LogP contribution is -2.17. The highest BCUT2D eigenvalue weighted by molar-refractivity contribution is 6.38. The van der Waals surface area contributed by atoms with Crippen LogP contribution in [-0.4, -0.2) is 27.3 Å². The maximum absolute atomic E-state index is 11.7. The molecule has 108 valence electrons. The first-order valence-electron chi connectivity index (χ1n) is 5.64. The van der Waals surface area contributed by atoms with Crippen molar-refractivity contribution in [3.8, 4) is 11.5 Å². The summed E-state index contributed by atoms with van der Waals surface area (Å²) in [5, 5.41) is 22.5. The molecule has 0 unspecified atom stereocenters. The summed E-state index contributed by atoms with van der Waals surface area (Å²) in [6.07, 6.45) is 4.08. The second kappa shape index (κ2) is 6.43. The molecular weight excluding hydrogens is 317 g/mol. The molecule has 0 aliphatic carbocycles. The first-order valence-corrected chi connectivity index (χ1v) is 6.39. The Balaban J connectivity index is 2.14. The Morgan fingerprint density at radius 2 is 2.10 bits per heavy atom. The molecule has 0 aliphatic heterocycles. The Morgan fingerprint density at radius 3 is 2.76 bits per heavy atom. The summed E-state index contributed by atoms with van der Waals surface area (Å²) in [6.45, 7) is 0. The molecule has 0 saturated heterocycles. The van der Waals surface area contributed by atoms with Crippen LogP contribution >= 0.6 is 23.2 Å². The molecule has 0 aliphatic rings. The summed E-state index contributed by atoms with van der Waals surface area (Å²) in [5.41, 5.74) is 2.74. The largest absolute Gasteiger partial charge is 0.506 e. The van der Waals surface area contributed by atoms with E-state index in [-0.39, 0.29) is 15.6 Å². The summed E-state index contributed by atoms with van der Waals surface area (Å²) < 4.78 is 0. The molecule has 0 fully saturated rings. The van der Waals surface area contributed by atoms with Gasteiger partial charge in [0.05, 0.1) is 16.8 Å². The van der Waals surface area contributed by atoms with Crippen molar-refractivity contribution in [2.75, 3.05) is 0 Å². The molecule has 0 saturated carbocycles. The fourth-order valence-electron chi connectivity index (χ4n) is 1.44. The van der Waals surface area contributed by atoms with Crippen molar-refractivity contribution >= 4 is 35.3 Å². The predicted octanol–water partition coefficient (Wildman–Crippen LogP) is 2.56. The number of carbonyl (C=O) groups excluding carboxylic acids is 1. The number of nitrogens with zero attached hydrogens (tertiary/aromatic N) is 2. The minimum absolute atomic E-state index is 0.0437. The second-order valence-corrected chi connectivity index (χ2v) is 4.68. The number of hydrogen-bond acceptors (Lipinski definition) is 5. The number of carbonyl (C=O) groups is 1. The van der Waals surface area contributed by atoms with Crippen LogP contribution in [0.15, 0.2) is 35.7 Å². The fourth-order valence-corrected chi connectivity index (χ4v) is 1.91. The topological polar surface area (TPSA) is 94.8 Å². The van der Waals surface area contributed by atoms with Crippen LogP contribution in [0.3, 0.4) is 0 Å². The zero-order valence-electron chi connectivity index (χ0n) is 10.4. The minimum Gasteiger partial charge on any atom is -0.506 e. The van der Waals surface area contributed by atoms with E-state index in [1.54, 1.807) is 18.3 Å². The van der Waals surface area contributed by atoms with Crippen LogP contribution < -0.4 is 5.43 Å². The standard InChI is InChI=1S/C13H9Cl2N3O3/c14-9-4-8(11(19)10(15)12(9)20)6-17-18-13(21)7-2-1-3-16-5-7/h1-6,19-20H,(H,18,21)/b17-6-. The third kappa shape index (κ3) is 3.42. The summed E-state index contributed by atoms with van der Waals surface area (Å²) in [4.78, 5) is 15.5. The number of benzene rings is 1. The van der Waals surface area contributed by atoms with Crippen LogP contribution in [0.1, 0.15) is 15.9 Å². The quantitative estimate of drug-likeness (QED) is 0.597. The van der Waals surface area contributed by atoms with Crippen LogP contribution in [0.4, 0.5) is 0 Å². The Hall–Kier alpha value is -2.31. The number of nitrogens with one attached hydrogen (secondary N) is 1. The van der Waals surface area contributed by atoms with Gasteiger partial charge >= 0.3 is 0 Å². The van der Waals surface area contributed by atoms with E-state index in [2.05, 4.69) is 15.5 Å². The van der Waals surface area contributed by atoms with E-state index < -0.39 is 17.4 Å². The molecule has 3 N–H and O–H groups in total. The summed E-state index contributed by atoms with van der Waals surface area (Å²) in [6, 6.07) is 4.45. The molecule has 0 bridgehead atoms. The van der Waals surface area contributed by atoms with Crippen molar-refractivity contribution < 1.29 is 15.0 Å². The highest BCUT2D eigenvalue weighted by Crippen LogP contribution is 2.40. The average Bonchev–Trinajstić information content (AvgIpc) is 2.51. The van der Waals surface area contributed by atoms with Gasteiger partial charge in [-0.1, -0.05) is 23.2 Å². The molecule has 0 radical (unpaired) electrons. The average molecular weight is 326 g/mol. The molecule has 1 aromatic heterocycles. The molecule has 1 heterocycles. The van der Waals surface area contributed by atoms with Gasteiger partial charge in [-0.25, -0.2) is 5.43 Å². The molecule has 2 aromatic rings. The predicted molar refractivity (Wildman–Crippen MR) is 79.1 cm³/mol. The molecule has 1 aromatic carbocycles. The summed E-state index contributed by atoms with van der Waals surface area (Å²) in [5.74, 6) is -1.28. The Kier molecular flexibility index (Phi) is 4.62. The number of rotatable bonds is 3. The molecule has 1 amide bonds. The molecular formula is C13H9Cl2N3O3. The van der Waals surface area contributed by atoms with Crippen molar-refractivity contribution in [2.24, 2.45) is 5.10 Å². The smallest absolute Gasteiger partial charge is 0.272 e. The zero-order chi connectivity index (χ0) is 15.4. The molecule has 21 heavy (non-hydrogen) atoms. The van der Waals surface area contributed by atoms with E-state index >= 15 is 0 Å².